The van der Waals surface area contributed by atoms with Crippen LogP contribution in [0.5, 0.6) is 0 Å². The monoisotopic (exact) mass is 376 g/mol. The number of nitrogens with one attached hydrogen (secondary N) is 2. The number of carboxylic acid groups (broad SMARTS) is 2. The maximum atomic E-state index is 12.5. The van der Waals surface area contributed by atoms with Crippen LogP contribution in [0.15, 0.2) is 72.8 Å². The summed E-state index contributed by atoms with van der Waals surface area (Å²) in [7, 11) is 0. The van der Waals surface area contributed by atoms with Crippen LogP contribution >= 0.6 is 0 Å². The van der Waals surface area contributed by atoms with Gasteiger partial charge in [0.25, 0.3) is 5.91 Å². The van der Waals surface area contributed by atoms with Crippen LogP contribution < -0.4 is 10.6 Å². The number of benzene rings is 3. The molecule has 3 rings (SSSR count). The molecule has 0 radical (unpaired) electrons. The van der Waals surface area contributed by atoms with E-state index >= 15 is 0 Å². The molecule has 0 saturated heterocycles. The summed E-state index contributed by atoms with van der Waals surface area (Å²) in [6.07, 6.45) is 0. The van der Waals surface area contributed by atoms with Crippen molar-refractivity contribution in [3.8, 4) is 0 Å². The zero-order chi connectivity index (χ0) is 20.1. The van der Waals surface area contributed by atoms with Crippen molar-refractivity contribution < 1.29 is 24.6 Å². The molecule has 0 spiro atoms. The lowest BCUT2D eigenvalue weighted by molar-refractivity contribution is 0.0679. The van der Waals surface area contributed by atoms with Gasteiger partial charge in [0.2, 0.25) is 0 Å². The molecule has 28 heavy (non-hydrogen) atoms. The van der Waals surface area contributed by atoms with Crippen molar-refractivity contribution in [1.82, 2.24) is 0 Å². The minimum absolute atomic E-state index is 0.169. The first kappa shape index (κ1) is 18.7. The topological polar surface area (TPSA) is 116 Å². The molecular formula is C21H16N2O5. The van der Waals surface area contributed by atoms with Gasteiger partial charge < -0.3 is 20.8 Å². The van der Waals surface area contributed by atoms with Crippen molar-refractivity contribution in [2.24, 2.45) is 0 Å². The third-order valence-corrected chi connectivity index (χ3v) is 3.95. The lowest BCUT2D eigenvalue weighted by Crippen LogP contribution is -2.17. The van der Waals surface area contributed by atoms with E-state index in [2.05, 4.69) is 10.6 Å². The highest BCUT2D eigenvalue weighted by Crippen LogP contribution is 2.20. The molecule has 7 nitrogen and oxygen atoms in total. The molecule has 0 fully saturated rings. The van der Waals surface area contributed by atoms with Gasteiger partial charge in [-0.2, -0.15) is 0 Å². The Bertz CT molecular complexity index is 1030. The Morgan fingerprint density at radius 2 is 1.25 bits per heavy atom. The summed E-state index contributed by atoms with van der Waals surface area (Å²) in [4.78, 5) is 35.0. The molecule has 0 unspecified atom stereocenters. The number of hydrogen-bond acceptors (Lipinski definition) is 4. The Morgan fingerprint density at radius 3 is 1.86 bits per heavy atom. The van der Waals surface area contributed by atoms with Gasteiger partial charge in [-0.15, -0.1) is 0 Å². The van der Waals surface area contributed by atoms with Gasteiger partial charge in [-0.25, -0.2) is 9.59 Å². The molecule has 0 aliphatic carbocycles. The molecule has 0 saturated carbocycles. The van der Waals surface area contributed by atoms with Crippen molar-refractivity contribution in [3.05, 3.63) is 89.5 Å². The Morgan fingerprint density at radius 1 is 0.643 bits per heavy atom. The third-order valence-electron chi connectivity index (χ3n) is 3.95. The number of aromatic carboxylic acids is 2. The van der Waals surface area contributed by atoms with Crippen molar-refractivity contribution in [2.75, 3.05) is 10.6 Å². The van der Waals surface area contributed by atoms with E-state index in [1.807, 2.05) is 30.3 Å². The normalized spacial score (nSPS) is 10.1. The first-order valence-corrected chi connectivity index (χ1v) is 8.28. The first-order chi connectivity index (χ1) is 13.4. The minimum atomic E-state index is -1.32. The molecule has 3 aromatic rings. The van der Waals surface area contributed by atoms with E-state index in [1.54, 1.807) is 24.3 Å². The van der Waals surface area contributed by atoms with Crippen LogP contribution in [0.25, 0.3) is 0 Å². The molecule has 0 heterocycles. The minimum Gasteiger partial charge on any atom is -0.478 e. The summed E-state index contributed by atoms with van der Waals surface area (Å²) in [6.45, 7) is 0. The van der Waals surface area contributed by atoms with Crippen LogP contribution in [-0.2, 0) is 0 Å². The van der Waals surface area contributed by atoms with E-state index in [0.29, 0.717) is 5.69 Å². The van der Waals surface area contributed by atoms with Crippen molar-refractivity contribution in [3.63, 3.8) is 0 Å². The zero-order valence-corrected chi connectivity index (χ0v) is 14.5. The summed E-state index contributed by atoms with van der Waals surface area (Å²) in [5.41, 5.74) is 1.50. The average Bonchev–Trinajstić information content (AvgIpc) is 2.69. The van der Waals surface area contributed by atoms with Crippen LogP contribution in [0, 0.1) is 0 Å². The van der Waals surface area contributed by atoms with Crippen molar-refractivity contribution in [2.45, 2.75) is 0 Å². The molecule has 1 amide bonds. The van der Waals surface area contributed by atoms with E-state index in [4.69, 9.17) is 5.11 Å². The van der Waals surface area contributed by atoms with Crippen LogP contribution in [0.4, 0.5) is 17.1 Å². The van der Waals surface area contributed by atoms with Crippen LogP contribution in [0.3, 0.4) is 0 Å². The maximum absolute atomic E-state index is 12.5. The van der Waals surface area contributed by atoms with Gasteiger partial charge in [0.15, 0.2) is 0 Å². The van der Waals surface area contributed by atoms with Crippen molar-refractivity contribution in [1.29, 1.82) is 0 Å². The Labute approximate surface area is 160 Å². The highest BCUT2D eigenvalue weighted by Gasteiger charge is 2.19. The second-order valence-electron chi connectivity index (χ2n) is 5.89. The van der Waals surface area contributed by atoms with E-state index in [9.17, 15) is 19.5 Å². The highest BCUT2D eigenvalue weighted by molar-refractivity contribution is 6.11. The quantitative estimate of drug-likeness (QED) is 0.515. The van der Waals surface area contributed by atoms with Gasteiger partial charge in [-0.1, -0.05) is 18.2 Å². The van der Waals surface area contributed by atoms with Crippen molar-refractivity contribution >= 4 is 34.9 Å². The molecular weight excluding hydrogens is 360 g/mol. The number of rotatable bonds is 6. The lowest BCUT2D eigenvalue weighted by Gasteiger charge is -2.10. The molecule has 0 aliphatic heterocycles. The number of hydrogen-bond donors (Lipinski definition) is 4. The van der Waals surface area contributed by atoms with E-state index in [1.165, 1.54) is 0 Å². The van der Waals surface area contributed by atoms with Gasteiger partial charge in [0, 0.05) is 17.1 Å². The third kappa shape index (κ3) is 4.34. The second-order valence-corrected chi connectivity index (χ2v) is 5.89. The summed E-state index contributed by atoms with van der Waals surface area (Å²) in [6, 6.07) is 19.7. The summed E-state index contributed by atoms with van der Waals surface area (Å²) in [5, 5.41) is 24.1. The Kier molecular flexibility index (Phi) is 5.36. The van der Waals surface area contributed by atoms with Gasteiger partial charge >= 0.3 is 11.9 Å². The number of amides is 1. The Hall–Kier alpha value is -4.13. The molecule has 0 bridgehead atoms. The van der Waals surface area contributed by atoms with E-state index in [-0.39, 0.29) is 16.7 Å². The predicted octanol–water partition coefficient (Wildman–Crippen LogP) is 4.08. The van der Waals surface area contributed by atoms with Gasteiger partial charge in [0.05, 0.1) is 16.7 Å². The summed E-state index contributed by atoms with van der Waals surface area (Å²) < 4.78 is 0. The van der Waals surface area contributed by atoms with Crippen LogP contribution in [0.2, 0.25) is 0 Å². The molecule has 0 aromatic heterocycles. The first-order valence-electron chi connectivity index (χ1n) is 8.28. The van der Waals surface area contributed by atoms with Gasteiger partial charge in [-0.05, 0) is 54.6 Å². The molecule has 0 atom stereocenters. The number of carbonyl (C=O) groups excluding carboxylic acids is 1. The van der Waals surface area contributed by atoms with Gasteiger partial charge in [0.1, 0.15) is 0 Å². The van der Waals surface area contributed by atoms with E-state index < -0.39 is 17.8 Å². The maximum Gasteiger partial charge on any atom is 0.336 e. The highest BCUT2D eigenvalue weighted by atomic mass is 16.4. The van der Waals surface area contributed by atoms with Gasteiger partial charge in [-0.3, -0.25) is 4.79 Å². The molecule has 4 N–H and O–H groups in total. The smallest absolute Gasteiger partial charge is 0.336 e. The Balaban J connectivity index is 1.78. The SMILES string of the molecule is O=C(O)c1ccc(C(=O)O)c(C(=O)Nc2ccc(Nc3ccccc3)cc2)c1. The standard InChI is InChI=1S/C21H16N2O5/c24-19(18-12-13(20(25)26)6-11-17(18)21(27)28)23-16-9-7-15(8-10-16)22-14-4-2-1-3-5-14/h1-12,22H,(H,23,24)(H,25,26)(H,27,28). The largest absolute Gasteiger partial charge is 0.478 e. The average molecular weight is 376 g/mol. The number of para-hydroxylation sites is 1. The number of anilines is 3. The fourth-order valence-electron chi connectivity index (χ4n) is 2.58. The number of carbonyl (C=O) groups is 3. The lowest BCUT2D eigenvalue weighted by atomic mass is 10.0. The summed E-state index contributed by atoms with van der Waals surface area (Å²) >= 11 is 0. The zero-order valence-electron chi connectivity index (χ0n) is 14.5. The fourth-order valence-corrected chi connectivity index (χ4v) is 2.58. The van der Waals surface area contributed by atoms with Crippen LogP contribution in [0.1, 0.15) is 31.1 Å². The molecule has 140 valence electrons. The fraction of sp³-hybridized carbons (Fsp3) is 0. The second kappa shape index (κ2) is 8.05. The molecule has 3 aromatic carbocycles. The summed E-state index contributed by atoms with van der Waals surface area (Å²) in [5.74, 6) is -3.27. The van der Waals surface area contributed by atoms with Crippen LogP contribution in [-0.4, -0.2) is 28.1 Å². The van der Waals surface area contributed by atoms with E-state index in [0.717, 1.165) is 29.6 Å². The number of carboxylic acids is 2. The predicted molar refractivity (Wildman–Crippen MR) is 104 cm³/mol. The molecule has 0 aliphatic rings. The molecule has 7 heteroatoms.